The van der Waals surface area contributed by atoms with Gasteiger partial charge in [0.25, 0.3) is 5.91 Å². The molecule has 2 heterocycles. The van der Waals surface area contributed by atoms with Crippen LogP contribution in [0.15, 0.2) is 22.6 Å². The zero-order valence-electron chi connectivity index (χ0n) is 23.5. The number of ether oxygens (including phenoxy) is 5. The van der Waals surface area contributed by atoms with Gasteiger partial charge in [0.2, 0.25) is 5.89 Å². The Kier molecular flexibility index (Phi) is 10.2. The number of esters is 1. The van der Waals surface area contributed by atoms with Crippen molar-refractivity contribution in [2.45, 2.75) is 50.9 Å². The number of alkyl halides is 2. The molecule has 13 nitrogen and oxygen atoms in total. The first-order chi connectivity index (χ1) is 20.1. The molecule has 0 bridgehead atoms. The molecule has 1 saturated carbocycles. The van der Waals surface area contributed by atoms with Crippen molar-refractivity contribution in [3.05, 3.63) is 29.7 Å². The number of benzene rings is 1. The maximum Gasteiger partial charge on any atom is 0.407 e. The second-order valence-corrected chi connectivity index (χ2v) is 10.0. The van der Waals surface area contributed by atoms with E-state index in [4.69, 9.17) is 24.4 Å². The van der Waals surface area contributed by atoms with Crippen molar-refractivity contribution in [1.29, 1.82) is 0 Å². The second kappa shape index (κ2) is 13.8. The largest absolute Gasteiger partial charge is 0.489 e. The Hall–Kier alpha value is -3.98. The number of halogens is 2. The van der Waals surface area contributed by atoms with Crippen LogP contribution in [-0.2, 0) is 19.0 Å². The van der Waals surface area contributed by atoms with E-state index in [0.29, 0.717) is 18.1 Å². The number of nitrogens with zero attached hydrogens (tertiary/aromatic N) is 2. The monoisotopic (exact) mass is 596 g/mol. The average molecular weight is 597 g/mol. The standard InChI is InChI=1S/C27H34F2N4O9/c1-14(30)22-21(24(34)33-12-17(31-27(36)38-3)11-18(33)25(35)39-9-8-37-2)32-23(42-22)16-6-7-19(41-26(28)29)20(10-16)40-13-15-4-5-15/h6-7,10,14-15,17-18,26H,4-5,8-9,11-13,30H2,1-3H3,(H,31,36)/t14-,17+,18-/m0/s1. The number of hydrogen-bond donors (Lipinski definition) is 2. The molecule has 3 N–H and O–H groups in total. The molecule has 2 aliphatic rings. The first kappa shape index (κ1) is 31.0. The number of amides is 2. The highest BCUT2D eigenvalue weighted by Crippen LogP contribution is 2.37. The number of aromatic nitrogens is 1. The van der Waals surface area contributed by atoms with Crippen molar-refractivity contribution in [2.75, 3.05) is 40.6 Å². The van der Waals surface area contributed by atoms with Crippen LogP contribution in [0.1, 0.15) is 48.5 Å². The lowest BCUT2D eigenvalue weighted by atomic mass is 10.1. The van der Waals surface area contributed by atoms with Gasteiger partial charge in [0.1, 0.15) is 12.6 Å². The highest BCUT2D eigenvalue weighted by molar-refractivity contribution is 5.97. The number of hydrogen-bond acceptors (Lipinski definition) is 11. The SMILES string of the molecule is COCCOC(=O)[C@@H]1C[C@@H](NC(=O)OC)CN1C(=O)c1nc(-c2ccc(OC(F)F)c(OCC3CC3)c2)oc1[C@H](C)N. The zero-order valence-corrected chi connectivity index (χ0v) is 23.5. The third-order valence-corrected chi connectivity index (χ3v) is 6.72. The van der Waals surface area contributed by atoms with E-state index in [1.54, 1.807) is 6.92 Å². The van der Waals surface area contributed by atoms with Gasteiger partial charge in [0.05, 0.1) is 32.4 Å². The first-order valence-electron chi connectivity index (χ1n) is 13.4. The summed E-state index contributed by atoms with van der Waals surface area (Å²) in [6.45, 7) is -1.04. The van der Waals surface area contributed by atoms with E-state index in [1.165, 1.54) is 37.3 Å². The summed E-state index contributed by atoms with van der Waals surface area (Å²) in [6.07, 6.45) is 1.32. The normalized spacial score (nSPS) is 19.0. The van der Waals surface area contributed by atoms with Gasteiger partial charge in [-0.05, 0) is 43.9 Å². The minimum atomic E-state index is -3.05. The van der Waals surface area contributed by atoms with E-state index >= 15 is 0 Å². The lowest BCUT2D eigenvalue weighted by molar-refractivity contribution is -0.149. The molecule has 1 aliphatic heterocycles. The maximum atomic E-state index is 13.8. The maximum absolute atomic E-state index is 13.8. The third-order valence-electron chi connectivity index (χ3n) is 6.72. The summed E-state index contributed by atoms with van der Waals surface area (Å²) >= 11 is 0. The molecule has 3 atom stereocenters. The number of nitrogens with two attached hydrogens (primary N) is 1. The summed E-state index contributed by atoms with van der Waals surface area (Å²) in [5, 5.41) is 2.60. The number of methoxy groups -OCH3 is 2. The fourth-order valence-corrected chi connectivity index (χ4v) is 4.43. The lowest BCUT2D eigenvalue weighted by Gasteiger charge is -2.22. The summed E-state index contributed by atoms with van der Waals surface area (Å²) in [5.41, 5.74) is 6.29. The smallest absolute Gasteiger partial charge is 0.407 e. The van der Waals surface area contributed by atoms with Crippen molar-refractivity contribution in [1.82, 2.24) is 15.2 Å². The van der Waals surface area contributed by atoms with Crippen LogP contribution in [0.2, 0.25) is 0 Å². The molecule has 2 fully saturated rings. The van der Waals surface area contributed by atoms with Crippen LogP contribution in [0.3, 0.4) is 0 Å². The van der Waals surface area contributed by atoms with Crippen molar-refractivity contribution >= 4 is 18.0 Å². The van der Waals surface area contributed by atoms with E-state index in [9.17, 15) is 23.2 Å². The van der Waals surface area contributed by atoms with Crippen LogP contribution < -0.4 is 20.5 Å². The molecule has 4 rings (SSSR count). The topological polar surface area (TPSA) is 165 Å². The van der Waals surface area contributed by atoms with Gasteiger partial charge >= 0.3 is 18.7 Å². The molecule has 1 saturated heterocycles. The van der Waals surface area contributed by atoms with Gasteiger partial charge in [-0.1, -0.05) is 0 Å². The number of oxazole rings is 1. The molecule has 0 spiro atoms. The molecule has 1 aromatic carbocycles. The van der Waals surface area contributed by atoms with Crippen LogP contribution in [0.25, 0.3) is 11.5 Å². The molecule has 230 valence electrons. The van der Waals surface area contributed by atoms with Crippen LogP contribution in [0, 0.1) is 5.92 Å². The van der Waals surface area contributed by atoms with E-state index in [1.807, 2.05) is 0 Å². The van der Waals surface area contributed by atoms with Crippen molar-refractivity contribution in [2.24, 2.45) is 11.7 Å². The Morgan fingerprint density at radius 3 is 2.60 bits per heavy atom. The van der Waals surface area contributed by atoms with Crippen molar-refractivity contribution in [3.8, 4) is 23.0 Å². The molecular weight excluding hydrogens is 562 g/mol. The second-order valence-electron chi connectivity index (χ2n) is 10.0. The predicted octanol–water partition coefficient (Wildman–Crippen LogP) is 2.88. The Bertz CT molecular complexity index is 1270. The van der Waals surface area contributed by atoms with E-state index in [-0.39, 0.29) is 55.0 Å². The quantitative estimate of drug-likeness (QED) is 0.258. The molecule has 0 radical (unpaired) electrons. The molecular formula is C27H34F2N4O9. The van der Waals surface area contributed by atoms with Gasteiger partial charge in [-0.3, -0.25) is 4.79 Å². The van der Waals surface area contributed by atoms with E-state index in [0.717, 1.165) is 12.8 Å². The Balaban J connectivity index is 1.63. The van der Waals surface area contributed by atoms with Crippen LogP contribution in [0.5, 0.6) is 11.5 Å². The molecule has 1 aliphatic carbocycles. The number of carbonyl (C=O) groups excluding carboxylic acids is 3. The van der Waals surface area contributed by atoms with Crippen LogP contribution in [0.4, 0.5) is 13.6 Å². The Morgan fingerprint density at radius 2 is 1.95 bits per heavy atom. The van der Waals surface area contributed by atoms with Gasteiger partial charge in [0.15, 0.2) is 23.0 Å². The minimum Gasteiger partial charge on any atom is -0.489 e. The molecule has 42 heavy (non-hydrogen) atoms. The Morgan fingerprint density at radius 1 is 1.19 bits per heavy atom. The number of carbonyl (C=O) groups is 3. The number of alkyl carbamates (subject to hydrolysis) is 1. The van der Waals surface area contributed by atoms with Crippen molar-refractivity contribution in [3.63, 3.8) is 0 Å². The summed E-state index contributed by atoms with van der Waals surface area (Å²) in [5.74, 6) is -1.08. The fraction of sp³-hybridized carbons (Fsp3) is 0.556. The van der Waals surface area contributed by atoms with Gasteiger partial charge in [0, 0.05) is 25.6 Å². The third kappa shape index (κ3) is 7.64. The van der Waals surface area contributed by atoms with Gasteiger partial charge in [-0.2, -0.15) is 8.78 Å². The highest BCUT2D eigenvalue weighted by atomic mass is 19.3. The predicted molar refractivity (Wildman–Crippen MR) is 141 cm³/mol. The first-order valence-corrected chi connectivity index (χ1v) is 13.4. The van der Waals surface area contributed by atoms with Gasteiger partial charge < -0.3 is 44.1 Å². The molecule has 2 aromatic rings. The highest BCUT2D eigenvalue weighted by Gasteiger charge is 2.43. The van der Waals surface area contributed by atoms with Crippen LogP contribution >= 0.6 is 0 Å². The van der Waals surface area contributed by atoms with Gasteiger partial charge in [-0.15, -0.1) is 0 Å². The van der Waals surface area contributed by atoms with E-state index in [2.05, 4.69) is 19.8 Å². The lowest BCUT2D eigenvalue weighted by Crippen LogP contribution is -2.43. The summed E-state index contributed by atoms with van der Waals surface area (Å²) in [7, 11) is 2.65. The van der Waals surface area contributed by atoms with Crippen molar-refractivity contribution < 1.29 is 51.3 Å². The molecule has 1 aromatic heterocycles. The Labute approximate surface area is 240 Å². The minimum absolute atomic E-state index is 0.0202. The van der Waals surface area contributed by atoms with Gasteiger partial charge in [-0.25, -0.2) is 14.6 Å². The summed E-state index contributed by atoms with van der Waals surface area (Å²) < 4.78 is 57.0. The average Bonchev–Trinajstić information content (AvgIpc) is 3.51. The number of nitrogens with one attached hydrogen (secondary N) is 1. The molecule has 15 heteroatoms. The summed E-state index contributed by atoms with van der Waals surface area (Å²) in [4.78, 5) is 44.2. The number of rotatable bonds is 13. The summed E-state index contributed by atoms with van der Waals surface area (Å²) in [6, 6.07) is 1.74. The zero-order chi connectivity index (χ0) is 30.4. The van der Waals surface area contributed by atoms with Crippen LogP contribution in [-0.4, -0.2) is 87.1 Å². The number of likely N-dealkylation sites (tertiary alicyclic amines) is 1. The fourth-order valence-electron chi connectivity index (χ4n) is 4.43. The molecule has 0 unspecified atom stereocenters. The molecule has 2 amide bonds. The van der Waals surface area contributed by atoms with E-state index < -0.39 is 42.7 Å².